The second kappa shape index (κ2) is 5.42. The quantitative estimate of drug-likeness (QED) is 0.863. The number of sulfone groups is 1. The third-order valence-electron chi connectivity index (χ3n) is 3.88. The van der Waals surface area contributed by atoms with Gasteiger partial charge in [-0.05, 0) is 24.6 Å². The van der Waals surface area contributed by atoms with Crippen molar-refractivity contribution in [2.45, 2.75) is 30.6 Å². The molecule has 0 bridgehead atoms. The molecule has 1 aliphatic rings. The van der Waals surface area contributed by atoms with Crippen LogP contribution in [0.4, 0.5) is 4.39 Å². The van der Waals surface area contributed by atoms with Gasteiger partial charge in [0.25, 0.3) is 0 Å². The highest BCUT2D eigenvalue weighted by Gasteiger charge is 2.68. The van der Waals surface area contributed by atoms with E-state index in [1.165, 1.54) is 12.1 Å². The van der Waals surface area contributed by atoms with Crippen molar-refractivity contribution < 1.29 is 17.5 Å². The first-order valence-corrected chi connectivity index (χ1v) is 8.42. The van der Waals surface area contributed by atoms with E-state index in [4.69, 9.17) is 10.5 Å². The molecule has 0 saturated heterocycles. The number of hydrogen-bond acceptors (Lipinski definition) is 4. The lowest BCUT2D eigenvalue weighted by atomic mass is 10.1. The van der Waals surface area contributed by atoms with Gasteiger partial charge in [-0.3, -0.25) is 0 Å². The average molecular weight is 301 g/mol. The Bertz CT molecular complexity index is 573. The Morgan fingerprint density at radius 2 is 1.90 bits per heavy atom. The van der Waals surface area contributed by atoms with Crippen LogP contribution in [0, 0.1) is 5.82 Å². The molecule has 0 aliphatic heterocycles. The maximum atomic E-state index is 13.0. The molecule has 112 valence electrons. The van der Waals surface area contributed by atoms with Crippen LogP contribution in [0.25, 0.3) is 0 Å². The molecular weight excluding hydrogens is 281 g/mol. The number of benzene rings is 1. The molecule has 2 rings (SSSR count). The second-order valence-corrected chi connectivity index (χ2v) is 7.56. The monoisotopic (exact) mass is 301 g/mol. The number of nitrogens with two attached hydrogens (primary N) is 1. The van der Waals surface area contributed by atoms with E-state index >= 15 is 0 Å². The lowest BCUT2D eigenvalue weighted by Gasteiger charge is -2.12. The van der Waals surface area contributed by atoms with E-state index in [2.05, 4.69) is 0 Å². The van der Waals surface area contributed by atoms with Gasteiger partial charge in [-0.25, -0.2) is 12.8 Å². The molecule has 1 fully saturated rings. The zero-order valence-electron chi connectivity index (χ0n) is 11.7. The molecule has 1 aromatic rings. The molecular formula is C14H20FNO3S. The summed E-state index contributed by atoms with van der Waals surface area (Å²) in [6, 6.07) is 5.84. The van der Waals surface area contributed by atoms with Crippen LogP contribution in [0.2, 0.25) is 0 Å². The zero-order chi connectivity index (χ0) is 15.0. The van der Waals surface area contributed by atoms with E-state index < -0.39 is 20.6 Å². The fourth-order valence-corrected chi connectivity index (χ4v) is 4.74. The largest absolute Gasteiger partial charge is 0.380 e. The van der Waals surface area contributed by atoms with Crippen molar-refractivity contribution in [1.82, 2.24) is 0 Å². The second-order valence-electron chi connectivity index (χ2n) is 5.15. The van der Waals surface area contributed by atoms with Crippen LogP contribution in [0.1, 0.15) is 25.3 Å². The predicted molar refractivity (Wildman–Crippen MR) is 75.8 cm³/mol. The van der Waals surface area contributed by atoms with Crippen LogP contribution in [-0.4, -0.2) is 38.2 Å². The maximum Gasteiger partial charge on any atom is 0.155 e. The summed E-state index contributed by atoms with van der Waals surface area (Å²) in [6.07, 6.45) is 0. The number of halogens is 1. The van der Waals surface area contributed by atoms with Gasteiger partial charge in [0, 0.05) is 18.3 Å². The summed E-state index contributed by atoms with van der Waals surface area (Å²) in [5.41, 5.74) is 6.09. The third kappa shape index (κ3) is 2.60. The van der Waals surface area contributed by atoms with E-state index in [1.807, 2.05) is 6.92 Å². The first-order valence-electron chi connectivity index (χ1n) is 6.70. The van der Waals surface area contributed by atoms with Crippen LogP contribution in [0.15, 0.2) is 24.3 Å². The molecule has 20 heavy (non-hydrogen) atoms. The molecule has 0 amide bonds. The summed E-state index contributed by atoms with van der Waals surface area (Å²) in [5, 5.41) is -0.656. The minimum absolute atomic E-state index is 0.0421. The first-order chi connectivity index (χ1) is 9.36. The Kier molecular flexibility index (Phi) is 4.18. The summed E-state index contributed by atoms with van der Waals surface area (Å²) in [6.45, 7) is 4.11. The van der Waals surface area contributed by atoms with Crippen LogP contribution >= 0.6 is 0 Å². The summed E-state index contributed by atoms with van der Waals surface area (Å²) >= 11 is 0. The van der Waals surface area contributed by atoms with Crippen LogP contribution < -0.4 is 5.73 Å². The van der Waals surface area contributed by atoms with E-state index in [0.29, 0.717) is 6.61 Å². The lowest BCUT2D eigenvalue weighted by Crippen LogP contribution is -2.36. The SMILES string of the molecule is CCOCC1(N)C(c2ccc(F)cc2)C1S(=O)(=O)CC. The smallest absolute Gasteiger partial charge is 0.155 e. The van der Waals surface area contributed by atoms with Gasteiger partial charge in [-0.2, -0.15) is 0 Å². The molecule has 0 heterocycles. The maximum absolute atomic E-state index is 13.0. The molecule has 0 radical (unpaired) electrons. The summed E-state index contributed by atoms with van der Waals surface area (Å²) < 4.78 is 42.7. The van der Waals surface area contributed by atoms with Gasteiger partial charge in [0.15, 0.2) is 9.84 Å². The van der Waals surface area contributed by atoms with E-state index in [-0.39, 0.29) is 24.1 Å². The molecule has 3 unspecified atom stereocenters. The highest BCUT2D eigenvalue weighted by Crippen LogP contribution is 2.54. The van der Waals surface area contributed by atoms with Crippen molar-refractivity contribution in [3.05, 3.63) is 35.6 Å². The zero-order valence-corrected chi connectivity index (χ0v) is 12.5. The van der Waals surface area contributed by atoms with E-state index in [0.717, 1.165) is 5.56 Å². The van der Waals surface area contributed by atoms with Gasteiger partial charge < -0.3 is 10.5 Å². The summed E-state index contributed by atoms with van der Waals surface area (Å²) in [5.74, 6) is -0.642. The van der Waals surface area contributed by atoms with Crippen molar-refractivity contribution in [1.29, 1.82) is 0 Å². The van der Waals surface area contributed by atoms with Crippen molar-refractivity contribution in [3.8, 4) is 0 Å². The van der Waals surface area contributed by atoms with Gasteiger partial charge >= 0.3 is 0 Å². The molecule has 2 N–H and O–H groups in total. The standard InChI is InChI=1S/C14H20FNO3S/c1-3-19-9-14(16)12(13(14)20(17,18)4-2)10-5-7-11(15)8-6-10/h5-8,12-13H,3-4,9,16H2,1-2H3. The van der Waals surface area contributed by atoms with Crippen LogP contribution in [0.5, 0.6) is 0 Å². The van der Waals surface area contributed by atoms with Gasteiger partial charge in [-0.1, -0.05) is 19.1 Å². The Morgan fingerprint density at radius 3 is 2.40 bits per heavy atom. The van der Waals surface area contributed by atoms with Gasteiger partial charge in [-0.15, -0.1) is 0 Å². The van der Waals surface area contributed by atoms with Crippen molar-refractivity contribution in [2.75, 3.05) is 19.0 Å². The topological polar surface area (TPSA) is 69.4 Å². The van der Waals surface area contributed by atoms with Crippen LogP contribution in [-0.2, 0) is 14.6 Å². The van der Waals surface area contributed by atoms with Gasteiger partial charge in [0.05, 0.1) is 17.4 Å². The Balaban J connectivity index is 2.32. The van der Waals surface area contributed by atoms with E-state index in [1.54, 1.807) is 19.1 Å². The Labute approximate surface area is 119 Å². The molecule has 0 spiro atoms. The summed E-state index contributed by atoms with van der Waals surface area (Å²) in [7, 11) is -3.27. The minimum atomic E-state index is -3.27. The molecule has 1 aromatic carbocycles. The number of hydrogen-bond donors (Lipinski definition) is 1. The highest BCUT2D eigenvalue weighted by atomic mass is 32.2. The normalized spacial score (nSPS) is 29.4. The summed E-state index contributed by atoms with van der Waals surface area (Å²) in [4.78, 5) is 0. The fourth-order valence-electron chi connectivity index (χ4n) is 2.75. The molecule has 1 saturated carbocycles. The minimum Gasteiger partial charge on any atom is -0.380 e. The van der Waals surface area contributed by atoms with E-state index in [9.17, 15) is 12.8 Å². The van der Waals surface area contributed by atoms with Crippen LogP contribution in [0.3, 0.4) is 0 Å². The van der Waals surface area contributed by atoms with Crippen molar-refractivity contribution >= 4 is 9.84 Å². The highest BCUT2D eigenvalue weighted by molar-refractivity contribution is 7.92. The van der Waals surface area contributed by atoms with Crippen molar-refractivity contribution in [3.63, 3.8) is 0 Å². The fraction of sp³-hybridized carbons (Fsp3) is 0.571. The number of rotatable bonds is 6. The Morgan fingerprint density at radius 1 is 1.30 bits per heavy atom. The molecule has 3 atom stereocenters. The third-order valence-corrected chi connectivity index (χ3v) is 6.17. The van der Waals surface area contributed by atoms with Crippen molar-refractivity contribution in [2.24, 2.45) is 5.73 Å². The van der Waals surface area contributed by atoms with Gasteiger partial charge in [0.1, 0.15) is 5.82 Å². The molecule has 6 heteroatoms. The lowest BCUT2D eigenvalue weighted by molar-refractivity contribution is 0.125. The molecule has 0 aromatic heterocycles. The predicted octanol–water partition coefficient (Wildman–Crippen LogP) is 1.46. The van der Waals surface area contributed by atoms with Gasteiger partial charge in [0.2, 0.25) is 0 Å². The Hall–Kier alpha value is -0.980. The first kappa shape index (κ1) is 15.4. The molecule has 1 aliphatic carbocycles. The number of ether oxygens (including phenoxy) is 1. The molecule has 4 nitrogen and oxygen atoms in total. The average Bonchev–Trinajstić information content (AvgIpc) is 3.05.